The molecule has 0 radical (unpaired) electrons. The predicted molar refractivity (Wildman–Crippen MR) is 218 cm³/mol. The molecule has 0 spiro atoms. The molecule has 0 atom stereocenters. The number of rotatable bonds is 38. The highest BCUT2D eigenvalue weighted by Crippen LogP contribution is 2.17. The van der Waals surface area contributed by atoms with Crippen molar-refractivity contribution in [1.29, 1.82) is 0 Å². The van der Waals surface area contributed by atoms with Gasteiger partial charge in [0.1, 0.15) is 0 Å². The van der Waals surface area contributed by atoms with Crippen LogP contribution in [0, 0.1) is 0 Å². The number of aliphatic imine (C=N–C) groups is 2. The van der Waals surface area contributed by atoms with E-state index in [1.165, 1.54) is 167 Å². The number of hydrogen-bond donors (Lipinski definition) is 0. The van der Waals surface area contributed by atoms with Crippen LogP contribution in [0.3, 0.4) is 0 Å². The standard InChI is InChI=1S/C42H82N4O4S/c1-3-5-7-9-11-13-15-17-19-21-23-25-27-29-31-41-43-33-35-45(41)37-39-49-51(47,48)50-40-38-46-36-34-44-42(46)32-30-28-26-24-22-20-18-16-14-12-10-8-6-4-2/h3-40H2,1-2H3. The highest BCUT2D eigenvalue weighted by atomic mass is 32.3. The maximum absolute atomic E-state index is 12.4. The van der Waals surface area contributed by atoms with Crippen molar-refractivity contribution in [3.05, 3.63) is 0 Å². The van der Waals surface area contributed by atoms with E-state index in [1.807, 2.05) is 0 Å². The second-order valence-electron chi connectivity index (χ2n) is 15.3. The van der Waals surface area contributed by atoms with Gasteiger partial charge in [-0.3, -0.25) is 9.98 Å². The largest absolute Gasteiger partial charge is 0.399 e. The summed E-state index contributed by atoms with van der Waals surface area (Å²) in [6.45, 7) is 9.07. The van der Waals surface area contributed by atoms with Crippen molar-refractivity contribution in [2.45, 2.75) is 206 Å². The fraction of sp³-hybridized carbons (Fsp3) is 0.952. The van der Waals surface area contributed by atoms with Gasteiger partial charge >= 0.3 is 10.4 Å². The van der Waals surface area contributed by atoms with Crippen molar-refractivity contribution in [2.24, 2.45) is 9.98 Å². The molecule has 0 aromatic heterocycles. The zero-order valence-corrected chi connectivity index (χ0v) is 34.5. The lowest BCUT2D eigenvalue weighted by molar-refractivity contribution is 0.194. The van der Waals surface area contributed by atoms with Gasteiger partial charge in [-0.05, 0) is 12.8 Å². The van der Waals surface area contributed by atoms with Crippen molar-refractivity contribution in [3.8, 4) is 0 Å². The molecule has 0 saturated carbocycles. The minimum absolute atomic E-state index is 0.0929. The molecule has 0 aromatic carbocycles. The van der Waals surface area contributed by atoms with Crippen LogP contribution in [0.4, 0.5) is 0 Å². The Morgan fingerprint density at radius 3 is 1.02 bits per heavy atom. The van der Waals surface area contributed by atoms with Crippen LogP contribution in [0.1, 0.15) is 206 Å². The monoisotopic (exact) mass is 739 g/mol. The van der Waals surface area contributed by atoms with E-state index in [4.69, 9.17) is 8.37 Å². The highest BCUT2D eigenvalue weighted by Gasteiger charge is 2.20. The summed E-state index contributed by atoms with van der Waals surface area (Å²) in [5, 5.41) is 0. The molecule has 0 N–H and O–H groups in total. The minimum atomic E-state index is -4.02. The van der Waals surface area contributed by atoms with Gasteiger partial charge in [-0.15, -0.1) is 0 Å². The maximum Gasteiger partial charge on any atom is 0.399 e. The van der Waals surface area contributed by atoms with Crippen molar-refractivity contribution in [3.63, 3.8) is 0 Å². The van der Waals surface area contributed by atoms with Crippen molar-refractivity contribution < 1.29 is 16.8 Å². The third-order valence-corrected chi connectivity index (χ3v) is 11.7. The summed E-state index contributed by atoms with van der Waals surface area (Å²) in [5.74, 6) is 2.21. The molecular formula is C42H82N4O4S. The van der Waals surface area contributed by atoms with Crippen molar-refractivity contribution >= 4 is 22.1 Å². The molecule has 2 aliphatic rings. The quantitative estimate of drug-likeness (QED) is 0.0586. The molecular weight excluding hydrogens is 657 g/mol. The number of nitrogens with zero attached hydrogens (tertiary/aromatic N) is 4. The first kappa shape index (κ1) is 46.0. The van der Waals surface area contributed by atoms with Gasteiger partial charge in [0.15, 0.2) is 0 Å². The Bertz CT molecular complexity index is 904. The van der Waals surface area contributed by atoms with Gasteiger partial charge in [0.25, 0.3) is 0 Å². The molecule has 0 aromatic rings. The molecule has 2 aliphatic heterocycles. The van der Waals surface area contributed by atoms with Crippen LogP contribution >= 0.6 is 0 Å². The Balaban J connectivity index is 1.42. The van der Waals surface area contributed by atoms with Gasteiger partial charge in [-0.25, -0.2) is 8.37 Å². The van der Waals surface area contributed by atoms with E-state index in [9.17, 15) is 8.42 Å². The lowest BCUT2D eigenvalue weighted by Crippen LogP contribution is -2.33. The van der Waals surface area contributed by atoms with Crippen molar-refractivity contribution in [2.75, 3.05) is 52.5 Å². The lowest BCUT2D eigenvalue weighted by atomic mass is 10.0. The summed E-state index contributed by atoms with van der Waals surface area (Å²) in [4.78, 5) is 13.7. The fourth-order valence-corrected chi connectivity index (χ4v) is 8.13. The molecule has 0 saturated heterocycles. The SMILES string of the molecule is CCCCCCCCCCCCCCCCC1=NCCN1CCOS(=O)(=O)OCCN1CCN=C1CCCCCCCCCCCCCCCC. The topological polar surface area (TPSA) is 83.8 Å². The van der Waals surface area contributed by atoms with Crippen LogP contribution in [-0.4, -0.2) is 82.4 Å². The summed E-state index contributed by atoms with van der Waals surface area (Å²) in [6, 6.07) is 0. The van der Waals surface area contributed by atoms with Gasteiger partial charge in [0, 0.05) is 39.0 Å². The van der Waals surface area contributed by atoms with E-state index < -0.39 is 10.4 Å². The van der Waals surface area contributed by atoms with Gasteiger partial charge in [0.05, 0.1) is 38.0 Å². The summed E-state index contributed by atoms with van der Waals surface area (Å²) in [7, 11) is -4.02. The first-order valence-electron chi connectivity index (χ1n) is 22.2. The van der Waals surface area contributed by atoms with Crippen LogP contribution in [-0.2, 0) is 18.8 Å². The first-order chi connectivity index (χ1) is 25.1. The van der Waals surface area contributed by atoms with E-state index in [-0.39, 0.29) is 13.2 Å². The second kappa shape index (κ2) is 32.3. The zero-order chi connectivity index (χ0) is 36.5. The Labute approximate surface area is 316 Å². The summed E-state index contributed by atoms with van der Waals surface area (Å²) in [6.07, 6.45) is 39.9. The normalized spacial score (nSPS) is 14.9. The zero-order valence-electron chi connectivity index (χ0n) is 33.7. The van der Waals surface area contributed by atoms with Gasteiger partial charge in [-0.2, -0.15) is 8.42 Å². The van der Waals surface area contributed by atoms with Gasteiger partial charge in [0.2, 0.25) is 0 Å². The highest BCUT2D eigenvalue weighted by molar-refractivity contribution is 7.81. The van der Waals surface area contributed by atoms with Crippen LogP contribution < -0.4 is 0 Å². The number of amidine groups is 2. The molecule has 8 nitrogen and oxygen atoms in total. The number of hydrogen-bond acceptors (Lipinski definition) is 8. The molecule has 9 heteroatoms. The Hall–Kier alpha value is -1.19. The fourth-order valence-electron chi connectivity index (χ4n) is 7.50. The smallest absolute Gasteiger partial charge is 0.356 e. The van der Waals surface area contributed by atoms with E-state index in [0.29, 0.717) is 13.1 Å². The molecule has 0 bridgehead atoms. The van der Waals surface area contributed by atoms with Gasteiger partial charge < -0.3 is 9.80 Å². The van der Waals surface area contributed by atoms with Gasteiger partial charge in [-0.1, -0.05) is 181 Å². The Morgan fingerprint density at radius 1 is 0.451 bits per heavy atom. The summed E-state index contributed by atoms with van der Waals surface area (Å²) in [5.41, 5.74) is 0. The Morgan fingerprint density at radius 2 is 0.725 bits per heavy atom. The van der Waals surface area contributed by atoms with E-state index in [0.717, 1.165) is 63.5 Å². The van der Waals surface area contributed by atoms with Crippen LogP contribution in [0.2, 0.25) is 0 Å². The van der Waals surface area contributed by atoms with E-state index in [1.54, 1.807) is 0 Å². The van der Waals surface area contributed by atoms with Crippen LogP contribution in [0.5, 0.6) is 0 Å². The molecule has 2 heterocycles. The molecule has 0 amide bonds. The van der Waals surface area contributed by atoms with E-state index >= 15 is 0 Å². The first-order valence-corrected chi connectivity index (χ1v) is 23.5. The predicted octanol–water partition coefficient (Wildman–Crippen LogP) is 11.4. The minimum Gasteiger partial charge on any atom is -0.356 e. The van der Waals surface area contributed by atoms with Crippen molar-refractivity contribution in [1.82, 2.24) is 9.80 Å². The summed E-state index contributed by atoms with van der Waals surface area (Å²) >= 11 is 0. The molecule has 0 aliphatic carbocycles. The Kier molecular flexibility index (Phi) is 29.1. The third-order valence-electron chi connectivity index (χ3n) is 10.7. The molecule has 51 heavy (non-hydrogen) atoms. The second-order valence-corrected chi connectivity index (χ2v) is 16.6. The maximum atomic E-state index is 12.4. The van der Waals surface area contributed by atoms with Crippen LogP contribution in [0.15, 0.2) is 9.98 Å². The van der Waals surface area contributed by atoms with Crippen LogP contribution in [0.25, 0.3) is 0 Å². The number of unbranched alkanes of at least 4 members (excludes halogenated alkanes) is 26. The average Bonchev–Trinajstić information content (AvgIpc) is 3.77. The molecule has 0 fully saturated rings. The third kappa shape index (κ3) is 25.5. The molecule has 2 rings (SSSR count). The van der Waals surface area contributed by atoms with E-state index in [2.05, 4.69) is 33.6 Å². The average molecular weight is 739 g/mol. The molecule has 300 valence electrons. The lowest BCUT2D eigenvalue weighted by Gasteiger charge is -2.21. The molecule has 0 unspecified atom stereocenters. The summed E-state index contributed by atoms with van der Waals surface area (Å²) < 4.78 is 35.3.